The van der Waals surface area contributed by atoms with Crippen molar-refractivity contribution in [3.8, 4) is 0 Å². The summed E-state index contributed by atoms with van der Waals surface area (Å²) in [5, 5.41) is 0.603. The molecule has 1 heterocycles. The molecule has 0 radical (unpaired) electrons. The highest BCUT2D eigenvalue weighted by atomic mass is 35.5. The molecule has 1 aromatic rings. The molecule has 1 aliphatic heterocycles. The third kappa shape index (κ3) is 8.77. The van der Waals surface area contributed by atoms with E-state index in [0.29, 0.717) is 5.02 Å². The van der Waals surface area contributed by atoms with Crippen molar-refractivity contribution in [1.82, 2.24) is 0 Å². The fourth-order valence-corrected chi connectivity index (χ4v) is 3.36. The topological polar surface area (TPSA) is 124 Å². The van der Waals surface area contributed by atoms with E-state index in [1.54, 1.807) is 24.3 Å². The van der Waals surface area contributed by atoms with E-state index in [-0.39, 0.29) is 13.2 Å². The van der Waals surface area contributed by atoms with Gasteiger partial charge in [0.05, 0.1) is 6.61 Å². The summed E-state index contributed by atoms with van der Waals surface area (Å²) in [4.78, 5) is 46.7. The third-order valence-electron chi connectivity index (χ3n) is 4.49. The van der Waals surface area contributed by atoms with Crippen molar-refractivity contribution in [2.45, 2.75) is 58.4 Å². The molecular weight excluding hydrogens is 472 g/mol. The molecule has 2 rings (SSSR count). The maximum absolute atomic E-state index is 11.8. The van der Waals surface area contributed by atoms with Gasteiger partial charge in [-0.1, -0.05) is 35.9 Å². The van der Waals surface area contributed by atoms with Crippen LogP contribution in [0.5, 0.6) is 0 Å². The van der Waals surface area contributed by atoms with Crippen LogP contribution in [-0.2, 0) is 47.6 Å². The van der Waals surface area contributed by atoms with Crippen molar-refractivity contribution in [3.05, 3.63) is 40.9 Å². The molecule has 34 heavy (non-hydrogen) atoms. The normalized spacial score (nSPS) is 24.3. The summed E-state index contributed by atoms with van der Waals surface area (Å²) in [6.07, 6.45) is -2.58. The van der Waals surface area contributed by atoms with E-state index in [1.165, 1.54) is 6.92 Å². The minimum Gasteiger partial charge on any atom is -0.463 e. The fraction of sp³-hybridized carbons (Fsp3) is 0.478. The van der Waals surface area contributed by atoms with E-state index in [1.807, 2.05) is 12.1 Å². The highest BCUT2D eigenvalue weighted by Crippen LogP contribution is 2.30. The largest absolute Gasteiger partial charge is 0.463 e. The average molecular weight is 499 g/mol. The Morgan fingerprint density at radius 2 is 1.41 bits per heavy atom. The second-order valence-electron chi connectivity index (χ2n) is 7.35. The molecule has 0 unspecified atom stereocenters. The van der Waals surface area contributed by atoms with Crippen LogP contribution < -0.4 is 0 Å². The number of hydrogen-bond acceptors (Lipinski definition) is 10. The van der Waals surface area contributed by atoms with Gasteiger partial charge in [-0.25, -0.2) is 0 Å². The van der Waals surface area contributed by atoms with Crippen LogP contribution in [0.15, 0.2) is 30.3 Å². The lowest BCUT2D eigenvalue weighted by molar-refractivity contribution is -0.305. The molecule has 0 aliphatic carbocycles. The smallest absolute Gasteiger partial charge is 0.303 e. The van der Waals surface area contributed by atoms with Crippen LogP contribution in [0.1, 0.15) is 33.3 Å². The molecule has 5 atom stereocenters. The molecule has 0 amide bonds. The van der Waals surface area contributed by atoms with Crippen molar-refractivity contribution < 1.29 is 47.6 Å². The maximum Gasteiger partial charge on any atom is 0.303 e. The number of hydrogen-bond donors (Lipinski definition) is 0. The summed E-state index contributed by atoms with van der Waals surface area (Å²) >= 11 is 5.88. The van der Waals surface area contributed by atoms with Crippen LogP contribution in [0.2, 0.25) is 5.02 Å². The molecule has 1 fully saturated rings. The lowest BCUT2D eigenvalue weighted by atomic mass is 9.98. The van der Waals surface area contributed by atoms with E-state index < -0.39 is 54.6 Å². The summed E-state index contributed by atoms with van der Waals surface area (Å²) in [5.41, 5.74) is 0.870. The first-order chi connectivity index (χ1) is 16.1. The van der Waals surface area contributed by atoms with Crippen molar-refractivity contribution in [2.24, 2.45) is 0 Å². The first-order valence-electron chi connectivity index (χ1n) is 10.4. The Hall–Kier alpha value is -2.95. The Morgan fingerprint density at radius 1 is 0.853 bits per heavy atom. The van der Waals surface area contributed by atoms with Gasteiger partial charge >= 0.3 is 23.9 Å². The monoisotopic (exact) mass is 498 g/mol. The van der Waals surface area contributed by atoms with Gasteiger partial charge in [-0.3, -0.25) is 19.2 Å². The third-order valence-corrected chi connectivity index (χ3v) is 4.74. The number of ether oxygens (including phenoxy) is 6. The van der Waals surface area contributed by atoms with Crippen LogP contribution in [0.25, 0.3) is 6.08 Å². The van der Waals surface area contributed by atoms with Crippen LogP contribution in [0.4, 0.5) is 0 Å². The summed E-state index contributed by atoms with van der Waals surface area (Å²) in [7, 11) is 0. The standard InChI is InChI=1S/C23H27ClO10/c1-13(25)30-12-19-20(31-14(2)26)21(32-15(3)27)22(33-16(4)28)23(34-19)29-11-5-6-17-7-9-18(24)10-8-17/h5-10,19-23H,11-12H2,1-4H3/b6-5+/t19-,20-,21+,22-,23-/m1/s1. The molecule has 10 nitrogen and oxygen atoms in total. The first-order valence-corrected chi connectivity index (χ1v) is 10.8. The molecular formula is C23H27ClO10. The molecule has 186 valence electrons. The van der Waals surface area contributed by atoms with Gasteiger partial charge in [-0.2, -0.15) is 0 Å². The summed E-state index contributed by atoms with van der Waals surface area (Å²) in [6, 6.07) is 7.10. The summed E-state index contributed by atoms with van der Waals surface area (Å²) < 4.78 is 32.6. The van der Waals surface area contributed by atoms with Crippen LogP contribution in [0, 0.1) is 0 Å². The van der Waals surface area contributed by atoms with Gasteiger partial charge in [0.15, 0.2) is 24.6 Å². The van der Waals surface area contributed by atoms with Gasteiger partial charge < -0.3 is 28.4 Å². The molecule has 0 saturated carbocycles. The van der Waals surface area contributed by atoms with Gasteiger partial charge in [-0.05, 0) is 17.7 Å². The second-order valence-corrected chi connectivity index (χ2v) is 7.79. The lowest BCUT2D eigenvalue weighted by Gasteiger charge is -2.43. The zero-order valence-electron chi connectivity index (χ0n) is 19.2. The van der Waals surface area contributed by atoms with Crippen molar-refractivity contribution >= 4 is 41.6 Å². The number of benzene rings is 1. The molecule has 1 aliphatic rings. The fourth-order valence-electron chi connectivity index (χ4n) is 3.23. The van der Waals surface area contributed by atoms with Gasteiger partial charge in [-0.15, -0.1) is 0 Å². The van der Waals surface area contributed by atoms with E-state index >= 15 is 0 Å². The van der Waals surface area contributed by atoms with Crippen LogP contribution in [0.3, 0.4) is 0 Å². The Morgan fingerprint density at radius 3 is 1.97 bits per heavy atom. The molecule has 0 N–H and O–H groups in total. The van der Waals surface area contributed by atoms with Crippen LogP contribution in [-0.4, -0.2) is 67.8 Å². The Balaban J connectivity index is 2.27. The van der Waals surface area contributed by atoms with Crippen LogP contribution >= 0.6 is 11.6 Å². The first kappa shape index (κ1) is 27.3. The average Bonchev–Trinajstić information content (AvgIpc) is 2.74. The second kappa shape index (κ2) is 13.1. The van der Waals surface area contributed by atoms with Gasteiger partial charge in [0.2, 0.25) is 0 Å². The number of halogens is 1. The van der Waals surface area contributed by atoms with E-state index in [9.17, 15) is 19.2 Å². The van der Waals surface area contributed by atoms with E-state index in [4.69, 9.17) is 40.0 Å². The SMILES string of the molecule is CC(=O)OC[C@H]1O[C@@H](OC/C=C/c2ccc(Cl)cc2)[C@H](OC(C)=O)[C@@H](OC(C)=O)[C@@H]1OC(C)=O. The Bertz CT molecular complexity index is 898. The summed E-state index contributed by atoms with van der Waals surface area (Å²) in [5.74, 6) is -2.71. The molecule has 1 saturated heterocycles. The van der Waals surface area contributed by atoms with Crippen molar-refractivity contribution in [2.75, 3.05) is 13.2 Å². The molecule has 0 bridgehead atoms. The van der Waals surface area contributed by atoms with E-state index in [2.05, 4.69) is 0 Å². The van der Waals surface area contributed by atoms with Gasteiger partial charge in [0.1, 0.15) is 12.7 Å². The number of esters is 4. The highest BCUT2D eigenvalue weighted by Gasteiger charge is 2.52. The minimum atomic E-state index is -1.27. The predicted molar refractivity (Wildman–Crippen MR) is 118 cm³/mol. The highest BCUT2D eigenvalue weighted by molar-refractivity contribution is 6.30. The molecule has 1 aromatic carbocycles. The number of rotatable bonds is 9. The zero-order valence-corrected chi connectivity index (χ0v) is 20.0. The van der Waals surface area contributed by atoms with Crippen molar-refractivity contribution in [3.63, 3.8) is 0 Å². The maximum atomic E-state index is 11.8. The molecule has 11 heteroatoms. The quantitative estimate of drug-likeness (QED) is 0.370. The predicted octanol–water partition coefficient (Wildman–Crippen LogP) is 2.45. The minimum absolute atomic E-state index is 0.0242. The Kier molecular flexibility index (Phi) is 10.5. The van der Waals surface area contributed by atoms with E-state index in [0.717, 1.165) is 26.3 Å². The number of carbonyl (C=O) groups excluding carboxylic acids is 4. The number of carbonyl (C=O) groups is 4. The van der Waals surface area contributed by atoms with Crippen molar-refractivity contribution in [1.29, 1.82) is 0 Å². The van der Waals surface area contributed by atoms with Gasteiger partial charge in [0, 0.05) is 32.7 Å². The van der Waals surface area contributed by atoms with Gasteiger partial charge in [0.25, 0.3) is 0 Å². The summed E-state index contributed by atoms with van der Waals surface area (Å²) in [6.45, 7) is 4.36. The molecule has 0 aromatic heterocycles. The zero-order chi connectivity index (χ0) is 25.3. The Labute approximate surface area is 202 Å². The lowest BCUT2D eigenvalue weighted by Crippen LogP contribution is -2.62. The molecule has 0 spiro atoms.